The van der Waals surface area contributed by atoms with Gasteiger partial charge in [-0.15, -0.1) is 0 Å². The van der Waals surface area contributed by atoms with E-state index < -0.39 is 20.0 Å². The Morgan fingerprint density at radius 3 is 2.40 bits per heavy atom. The van der Waals surface area contributed by atoms with Gasteiger partial charge in [-0.25, -0.2) is 16.8 Å². The third kappa shape index (κ3) is 1.47. The quantitative estimate of drug-likeness (QED) is 0.740. The molecule has 0 N–H and O–H groups in total. The van der Waals surface area contributed by atoms with Crippen LogP contribution in [0.5, 0.6) is 0 Å². The van der Waals surface area contributed by atoms with Crippen LogP contribution in [0.4, 0.5) is 0 Å². The Bertz CT molecular complexity index is 616. The first-order chi connectivity index (χ1) is 6.88. The van der Waals surface area contributed by atoms with Crippen molar-refractivity contribution in [1.82, 2.24) is 0 Å². The number of sulfonamides is 2. The number of nitrogens with zero attached hydrogens (tertiary/aromatic N) is 1. The van der Waals surface area contributed by atoms with Crippen molar-refractivity contribution in [2.75, 3.05) is 0 Å². The average molecular weight is 246 g/mol. The van der Waals surface area contributed by atoms with Crippen LogP contribution in [0, 0.1) is 0 Å². The predicted molar refractivity (Wildman–Crippen MR) is 53.6 cm³/mol. The van der Waals surface area contributed by atoms with E-state index in [0.29, 0.717) is 12.0 Å². The van der Waals surface area contributed by atoms with E-state index in [-0.39, 0.29) is 9.79 Å². The molecular formula is C8H8NO4S2-. The summed E-state index contributed by atoms with van der Waals surface area (Å²) in [5, 5.41) is 0. The molecule has 0 fully saturated rings. The molecule has 1 aromatic carbocycles. The SMILES string of the molecule is CCc1cccc2c1S(=O)(=O)[N-]S2(=O)=O. The van der Waals surface area contributed by atoms with E-state index in [1.807, 2.05) is 0 Å². The second kappa shape index (κ2) is 3.03. The lowest BCUT2D eigenvalue weighted by atomic mass is 10.2. The van der Waals surface area contributed by atoms with Crippen molar-refractivity contribution in [3.8, 4) is 0 Å². The highest BCUT2D eigenvalue weighted by molar-refractivity contribution is 8.14. The number of aryl methyl sites for hydroxylation is 1. The maximum Gasteiger partial charge on any atom is 0.114 e. The first kappa shape index (κ1) is 10.6. The number of fused-ring (bicyclic) bond motifs is 1. The van der Waals surface area contributed by atoms with Gasteiger partial charge in [0.25, 0.3) is 0 Å². The highest BCUT2D eigenvalue weighted by Gasteiger charge is 2.29. The Hall–Kier alpha value is -0.920. The molecule has 0 aliphatic carbocycles. The van der Waals surface area contributed by atoms with Crippen molar-refractivity contribution < 1.29 is 16.8 Å². The number of benzene rings is 1. The fraction of sp³-hybridized carbons (Fsp3) is 0.250. The molecule has 82 valence electrons. The lowest BCUT2D eigenvalue weighted by molar-refractivity contribution is 0.601. The van der Waals surface area contributed by atoms with E-state index in [1.165, 1.54) is 12.1 Å². The first-order valence-electron chi connectivity index (χ1n) is 4.24. The van der Waals surface area contributed by atoms with Gasteiger partial charge >= 0.3 is 0 Å². The molecule has 0 saturated carbocycles. The minimum Gasteiger partial charge on any atom is -0.428 e. The van der Waals surface area contributed by atoms with Crippen LogP contribution >= 0.6 is 0 Å². The molecule has 0 radical (unpaired) electrons. The van der Waals surface area contributed by atoms with Crippen LogP contribution < -0.4 is 0 Å². The van der Waals surface area contributed by atoms with Crippen LogP contribution in [0.2, 0.25) is 0 Å². The largest absolute Gasteiger partial charge is 0.428 e. The Kier molecular flexibility index (Phi) is 2.14. The molecule has 7 heteroatoms. The molecule has 0 aromatic heterocycles. The zero-order chi connectivity index (χ0) is 11.3. The van der Waals surface area contributed by atoms with E-state index >= 15 is 0 Å². The molecule has 1 aromatic rings. The predicted octanol–water partition coefficient (Wildman–Crippen LogP) is 1.01. The van der Waals surface area contributed by atoms with Gasteiger partial charge in [-0.2, -0.15) is 0 Å². The molecule has 1 aliphatic heterocycles. The Morgan fingerprint density at radius 1 is 1.13 bits per heavy atom. The minimum atomic E-state index is -4.02. The molecule has 0 saturated heterocycles. The molecule has 0 atom stereocenters. The molecule has 0 bridgehead atoms. The third-order valence-corrected chi connectivity index (χ3v) is 5.77. The highest BCUT2D eigenvalue weighted by atomic mass is 32.3. The van der Waals surface area contributed by atoms with Crippen molar-refractivity contribution >= 4 is 20.0 Å². The second-order valence-electron chi connectivity index (χ2n) is 3.12. The van der Waals surface area contributed by atoms with Crippen molar-refractivity contribution in [2.45, 2.75) is 23.1 Å². The maximum absolute atomic E-state index is 11.5. The summed E-state index contributed by atoms with van der Waals surface area (Å²) in [6, 6.07) is 4.37. The number of hydrogen-bond acceptors (Lipinski definition) is 4. The molecule has 2 rings (SSSR count). The minimum absolute atomic E-state index is 0.160. The van der Waals surface area contributed by atoms with Gasteiger partial charge in [0.2, 0.25) is 0 Å². The summed E-state index contributed by atoms with van der Waals surface area (Å²) in [5.41, 5.74) is 0.484. The van der Waals surface area contributed by atoms with Crippen LogP contribution in [0.3, 0.4) is 0 Å². The summed E-state index contributed by atoms with van der Waals surface area (Å²) >= 11 is 0. The van der Waals surface area contributed by atoms with Gasteiger partial charge in [-0.05, 0) is 18.1 Å². The monoisotopic (exact) mass is 246 g/mol. The van der Waals surface area contributed by atoms with E-state index in [1.54, 1.807) is 13.0 Å². The van der Waals surface area contributed by atoms with Crippen molar-refractivity contribution in [2.24, 2.45) is 0 Å². The van der Waals surface area contributed by atoms with Crippen LogP contribution in [-0.2, 0) is 26.5 Å². The Balaban J connectivity index is 2.94. The fourth-order valence-corrected chi connectivity index (χ4v) is 5.31. The lowest BCUT2D eigenvalue weighted by Crippen LogP contribution is -1.97. The number of rotatable bonds is 1. The lowest BCUT2D eigenvalue weighted by Gasteiger charge is -2.07. The maximum atomic E-state index is 11.5. The molecular weight excluding hydrogens is 238 g/mol. The first-order valence-corrected chi connectivity index (χ1v) is 7.12. The van der Waals surface area contributed by atoms with Crippen LogP contribution in [0.1, 0.15) is 12.5 Å². The van der Waals surface area contributed by atoms with Crippen molar-refractivity contribution in [1.29, 1.82) is 0 Å². The molecule has 0 amide bonds. The Morgan fingerprint density at radius 2 is 1.80 bits per heavy atom. The van der Waals surface area contributed by atoms with Gasteiger partial charge in [0.1, 0.15) is 20.0 Å². The third-order valence-electron chi connectivity index (χ3n) is 2.17. The molecule has 0 spiro atoms. The van der Waals surface area contributed by atoms with Gasteiger partial charge in [-0.1, -0.05) is 19.1 Å². The van der Waals surface area contributed by atoms with Crippen LogP contribution in [0.25, 0.3) is 4.13 Å². The second-order valence-corrected chi connectivity index (χ2v) is 6.47. The van der Waals surface area contributed by atoms with E-state index in [4.69, 9.17) is 0 Å². The fourth-order valence-electron chi connectivity index (χ4n) is 1.54. The van der Waals surface area contributed by atoms with Crippen LogP contribution in [0.15, 0.2) is 28.0 Å². The summed E-state index contributed by atoms with van der Waals surface area (Å²) in [5.74, 6) is 0. The van der Waals surface area contributed by atoms with Gasteiger partial charge in [-0.3, -0.25) is 0 Å². The highest BCUT2D eigenvalue weighted by Crippen LogP contribution is 2.40. The molecule has 5 nitrogen and oxygen atoms in total. The summed E-state index contributed by atoms with van der Waals surface area (Å²) in [4.78, 5) is -0.366. The molecule has 1 heterocycles. The summed E-state index contributed by atoms with van der Waals surface area (Å²) in [6.45, 7) is 1.76. The molecule has 1 aliphatic rings. The van der Waals surface area contributed by atoms with Crippen molar-refractivity contribution in [3.63, 3.8) is 0 Å². The van der Waals surface area contributed by atoms with Gasteiger partial charge in [0.15, 0.2) is 0 Å². The van der Waals surface area contributed by atoms with Gasteiger partial charge in [0.05, 0.1) is 9.79 Å². The zero-order valence-electron chi connectivity index (χ0n) is 7.84. The smallest absolute Gasteiger partial charge is 0.114 e. The molecule has 0 unspecified atom stereocenters. The van der Waals surface area contributed by atoms with Gasteiger partial charge in [0, 0.05) is 0 Å². The number of hydrogen-bond donors (Lipinski definition) is 0. The normalized spacial score (nSPS) is 21.1. The van der Waals surface area contributed by atoms with Gasteiger partial charge < -0.3 is 4.13 Å². The van der Waals surface area contributed by atoms with E-state index in [2.05, 4.69) is 4.13 Å². The zero-order valence-corrected chi connectivity index (χ0v) is 9.47. The summed E-state index contributed by atoms with van der Waals surface area (Å²) < 4.78 is 48.7. The summed E-state index contributed by atoms with van der Waals surface area (Å²) in [7, 11) is -8.03. The topological polar surface area (TPSA) is 82.4 Å². The summed E-state index contributed by atoms with van der Waals surface area (Å²) in [6.07, 6.45) is 0.452. The average Bonchev–Trinajstić information content (AvgIpc) is 2.33. The van der Waals surface area contributed by atoms with E-state index in [0.717, 1.165) is 0 Å². The Labute approximate surface area is 88.2 Å². The van der Waals surface area contributed by atoms with E-state index in [9.17, 15) is 16.8 Å². The van der Waals surface area contributed by atoms with Crippen LogP contribution in [-0.4, -0.2) is 16.8 Å². The standard InChI is InChI=1S/C8H8NO4S2/c1-2-6-4-3-5-7-8(6)15(12,13)9-14(7,10)11/h3-5H,2H2,1H3/q-1. The molecule has 15 heavy (non-hydrogen) atoms. The van der Waals surface area contributed by atoms with Crippen molar-refractivity contribution in [3.05, 3.63) is 27.9 Å².